The van der Waals surface area contributed by atoms with Gasteiger partial charge in [-0.2, -0.15) is 0 Å². The van der Waals surface area contributed by atoms with Crippen LogP contribution in [0.15, 0.2) is 77.4 Å². The van der Waals surface area contributed by atoms with Gasteiger partial charge in [0.2, 0.25) is 5.91 Å². The van der Waals surface area contributed by atoms with Gasteiger partial charge in [-0.3, -0.25) is 9.59 Å². The molecule has 1 unspecified atom stereocenters. The number of nitrogens with one attached hydrogen (secondary N) is 2. The zero-order valence-electron chi connectivity index (χ0n) is 15.2. The first-order valence-electron chi connectivity index (χ1n) is 9.02. The van der Waals surface area contributed by atoms with Crippen molar-refractivity contribution < 1.29 is 14.0 Å². The van der Waals surface area contributed by atoms with E-state index in [1.54, 1.807) is 12.1 Å². The second-order valence-corrected chi connectivity index (χ2v) is 6.80. The van der Waals surface area contributed by atoms with Crippen molar-refractivity contribution in [3.63, 3.8) is 0 Å². The quantitative estimate of drug-likeness (QED) is 0.610. The van der Waals surface area contributed by atoms with Crippen molar-refractivity contribution in [2.75, 3.05) is 6.54 Å². The summed E-state index contributed by atoms with van der Waals surface area (Å²) in [5, 5.41) is 6.34. The Bertz CT molecular complexity index is 893. The van der Waals surface area contributed by atoms with Gasteiger partial charge in [-0.25, -0.2) is 0 Å². The number of carbonyl (C=O) groups is 2. The van der Waals surface area contributed by atoms with Gasteiger partial charge in [0.05, 0.1) is 6.26 Å². The highest BCUT2D eigenvalue weighted by molar-refractivity contribution is 6.30. The second kappa shape index (κ2) is 9.76. The minimum absolute atomic E-state index is 0.173. The molecule has 0 aliphatic carbocycles. The topological polar surface area (TPSA) is 71.3 Å². The lowest BCUT2D eigenvalue weighted by Crippen LogP contribution is -2.48. The zero-order chi connectivity index (χ0) is 19.8. The molecule has 2 amide bonds. The standard InChI is InChI=1S/C22H21ClN2O3/c23-18-10-8-16(9-11-18)12-13-24-21(26)19(15-17-5-2-1-3-6-17)25-22(27)20-7-4-14-28-20/h1-11,14,19H,12-13,15H2,(H,24,26)(H,25,27). The van der Waals surface area contributed by atoms with Crippen LogP contribution in [0, 0.1) is 0 Å². The molecule has 0 radical (unpaired) electrons. The Kier molecular flexibility index (Phi) is 6.87. The number of rotatable bonds is 8. The van der Waals surface area contributed by atoms with Gasteiger partial charge < -0.3 is 15.1 Å². The van der Waals surface area contributed by atoms with Crippen LogP contribution in [0.25, 0.3) is 0 Å². The summed E-state index contributed by atoms with van der Waals surface area (Å²) in [6.45, 7) is 0.461. The molecular weight excluding hydrogens is 376 g/mol. The summed E-state index contributed by atoms with van der Waals surface area (Å²) >= 11 is 5.89. The molecule has 0 saturated carbocycles. The van der Waals surface area contributed by atoms with Gasteiger partial charge in [-0.15, -0.1) is 0 Å². The normalized spacial score (nSPS) is 11.6. The van der Waals surface area contributed by atoms with Gasteiger partial charge in [0.25, 0.3) is 5.91 Å². The average Bonchev–Trinajstić information content (AvgIpc) is 3.25. The number of hydrogen-bond acceptors (Lipinski definition) is 3. The number of benzene rings is 2. The number of carbonyl (C=O) groups excluding carboxylic acids is 2. The van der Waals surface area contributed by atoms with Gasteiger partial charge in [-0.1, -0.05) is 54.1 Å². The average molecular weight is 397 g/mol. The highest BCUT2D eigenvalue weighted by Gasteiger charge is 2.22. The van der Waals surface area contributed by atoms with Crippen molar-refractivity contribution in [3.8, 4) is 0 Å². The molecule has 1 heterocycles. The van der Waals surface area contributed by atoms with Crippen LogP contribution in [-0.2, 0) is 17.6 Å². The van der Waals surface area contributed by atoms with Crippen LogP contribution >= 0.6 is 11.6 Å². The van der Waals surface area contributed by atoms with Crippen molar-refractivity contribution in [2.45, 2.75) is 18.9 Å². The van der Waals surface area contributed by atoms with E-state index >= 15 is 0 Å². The molecule has 0 saturated heterocycles. The SMILES string of the molecule is O=C(NC(Cc1ccccc1)C(=O)NCCc1ccc(Cl)cc1)c1ccco1. The van der Waals surface area contributed by atoms with E-state index in [2.05, 4.69) is 10.6 Å². The molecule has 0 aliphatic rings. The molecule has 5 nitrogen and oxygen atoms in total. The second-order valence-electron chi connectivity index (χ2n) is 6.36. The molecule has 0 bridgehead atoms. The van der Waals surface area contributed by atoms with Gasteiger partial charge in [0.15, 0.2) is 5.76 Å². The maximum atomic E-state index is 12.7. The van der Waals surface area contributed by atoms with Crippen molar-refractivity contribution in [2.24, 2.45) is 0 Å². The number of halogens is 1. The maximum absolute atomic E-state index is 12.7. The number of amides is 2. The van der Waals surface area contributed by atoms with Crippen molar-refractivity contribution in [1.82, 2.24) is 10.6 Å². The largest absolute Gasteiger partial charge is 0.459 e. The molecule has 0 fully saturated rings. The van der Waals surface area contributed by atoms with E-state index < -0.39 is 11.9 Å². The van der Waals surface area contributed by atoms with Gasteiger partial charge in [0.1, 0.15) is 6.04 Å². The monoisotopic (exact) mass is 396 g/mol. The van der Waals surface area contributed by atoms with E-state index in [-0.39, 0.29) is 11.7 Å². The fourth-order valence-corrected chi connectivity index (χ4v) is 2.93. The first-order valence-corrected chi connectivity index (χ1v) is 9.40. The van der Waals surface area contributed by atoms with E-state index in [1.165, 1.54) is 6.26 Å². The van der Waals surface area contributed by atoms with Crippen LogP contribution in [0.5, 0.6) is 0 Å². The molecule has 6 heteroatoms. The van der Waals surface area contributed by atoms with Crippen molar-refractivity contribution in [1.29, 1.82) is 0 Å². The van der Waals surface area contributed by atoms with Crippen molar-refractivity contribution in [3.05, 3.63) is 94.9 Å². The van der Waals surface area contributed by atoms with Gasteiger partial charge >= 0.3 is 0 Å². The lowest BCUT2D eigenvalue weighted by atomic mass is 10.0. The first-order chi connectivity index (χ1) is 13.6. The molecule has 144 valence electrons. The third-order valence-electron chi connectivity index (χ3n) is 4.28. The Morgan fingerprint density at radius 1 is 0.929 bits per heavy atom. The summed E-state index contributed by atoms with van der Waals surface area (Å²) in [6, 6.07) is 19.5. The Morgan fingerprint density at radius 3 is 2.36 bits per heavy atom. The Labute approximate surface area is 168 Å². The lowest BCUT2D eigenvalue weighted by Gasteiger charge is -2.18. The molecule has 0 aliphatic heterocycles. The first kappa shape index (κ1) is 19.7. The highest BCUT2D eigenvalue weighted by atomic mass is 35.5. The molecule has 28 heavy (non-hydrogen) atoms. The zero-order valence-corrected chi connectivity index (χ0v) is 16.0. The van der Waals surface area contributed by atoms with Gasteiger partial charge in [-0.05, 0) is 41.8 Å². The lowest BCUT2D eigenvalue weighted by molar-refractivity contribution is -0.122. The molecule has 2 N–H and O–H groups in total. The smallest absolute Gasteiger partial charge is 0.287 e. The molecule has 1 atom stereocenters. The van der Waals surface area contributed by atoms with Gasteiger partial charge in [0, 0.05) is 18.0 Å². The summed E-state index contributed by atoms with van der Waals surface area (Å²) < 4.78 is 5.12. The van der Waals surface area contributed by atoms with Crippen molar-refractivity contribution >= 4 is 23.4 Å². The third kappa shape index (κ3) is 5.72. The molecule has 2 aromatic carbocycles. The van der Waals surface area contributed by atoms with Crippen LogP contribution < -0.4 is 10.6 Å². The fourth-order valence-electron chi connectivity index (χ4n) is 2.80. The fraction of sp³-hybridized carbons (Fsp3) is 0.182. The highest BCUT2D eigenvalue weighted by Crippen LogP contribution is 2.10. The molecule has 3 aromatic rings. The summed E-state index contributed by atoms with van der Waals surface area (Å²) in [4.78, 5) is 25.1. The van der Waals surface area contributed by atoms with E-state index in [1.807, 2.05) is 54.6 Å². The summed E-state index contributed by atoms with van der Waals surface area (Å²) in [5.74, 6) is -0.483. The Morgan fingerprint density at radius 2 is 1.68 bits per heavy atom. The van der Waals surface area contributed by atoms with Crippen LogP contribution in [0.4, 0.5) is 0 Å². The molecule has 1 aromatic heterocycles. The van der Waals surface area contributed by atoms with Crippen LogP contribution in [0.1, 0.15) is 21.7 Å². The Balaban J connectivity index is 1.61. The molecule has 3 rings (SSSR count). The van der Waals surface area contributed by atoms with Crippen LogP contribution in [0.2, 0.25) is 5.02 Å². The Hall–Kier alpha value is -3.05. The van der Waals surface area contributed by atoms with E-state index in [9.17, 15) is 9.59 Å². The van der Waals surface area contributed by atoms with Crippen LogP contribution in [-0.4, -0.2) is 24.4 Å². The maximum Gasteiger partial charge on any atom is 0.287 e. The summed E-state index contributed by atoms with van der Waals surface area (Å²) in [7, 11) is 0. The number of furan rings is 1. The minimum Gasteiger partial charge on any atom is -0.459 e. The minimum atomic E-state index is -0.704. The third-order valence-corrected chi connectivity index (χ3v) is 4.53. The molecule has 0 spiro atoms. The van der Waals surface area contributed by atoms with E-state index in [0.717, 1.165) is 11.1 Å². The number of hydrogen-bond donors (Lipinski definition) is 2. The molecular formula is C22H21ClN2O3. The summed E-state index contributed by atoms with van der Waals surface area (Å²) in [5.41, 5.74) is 2.03. The predicted molar refractivity (Wildman–Crippen MR) is 108 cm³/mol. The predicted octanol–water partition coefficient (Wildman–Crippen LogP) is 3.63. The summed E-state index contributed by atoms with van der Waals surface area (Å²) in [6.07, 6.45) is 2.49. The van der Waals surface area contributed by atoms with Crippen LogP contribution in [0.3, 0.4) is 0 Å². The van der Waals surface area contributed by atoms with E-state index in [0.29, 0.717) is 24.4 Å². The van der Waals surface area contributed by atoms with E-state index in [4.69, 9.17) is 16.0 Å².